The highest BCUT2D eigenvalue weighted by Crippen LogP contribution is 2.43. The van der Waals surface area contributed by atoms with Crippen molar-refractivity contribution in [1.82, 2.24) is 0 Å². The molecule has 0 saturated heterocycles. The molecule has 10 rings (SSSR count). The molecule has 0 bridgehead atoms. The normalized spacial score (nSPS) is 13.7. The lowest BCUT2D eigenvalue weighted by molar-refractivity contribution is 1.28. The Kier molecular flexibility index (Phi) is 5.77. The van der Waals surface area contributed by atoms with Crippen LogP contribution in [0.25, 0.3) is 31.3 Å². The Balaban J connectivity index is 1.26. The van der Waals surface area contributed by atoms with E-state index in [1.807, 2.05) is 23.1 Å². The summed E-state index contributed by atoms with van der Waals surface area (Å²) in [7, 11) is -2.60. The van der Waals surface area contributed by atoms with Crippen LogP contribution in [0.3, 0.4) is 0 Å². The first-order valence-electron chi connectivity index (χ1n) is 15.7. The lowest BCUT2D eigenvalue weighted by atomic mass is 10.1. The van der Waals surface area contributed by atoms with Gasteiger partial charge < -0.3 is 4.90 Å². The summed E-state index contributed by atoms with van der Waals surface area (Å²) in [5.41, 5.74) is 6.30. The number of fused-ring (bicyclic) bond motifs is 12. The zero-order valence-corrected chi connectivity index (χ0v) is 27.5. The number of nitrogens with zero attached hydrogens (tertiary/aromatic N) is 1. The first-order chi connectivity index (χ1) is 22.8. The Hall–Kier alpha value is -4.87. The molecule has 7 aromatic carbocycles. The Morgan fingerprint density at radius 2 is 0.978 bits per heavy atom. The fraction of sp³-hybridized carbons (Fsp3) is 0. The lowest BCUT2D eigenvalue weighted by Crippen LogP contribution is -2.74. The largest absolute Gasteiger partial charge is 0.310 e. The van der Waals surface area contributed by atoms with Gasteiger partial charge in [-0.05, 0) is 92.5 Å². The van der Waals surface area contributed by atoms with Crippen LogP contribution in [0.5, 0.6) is 0 Å². The molecule has 8 aromatic rings. The standard InChI is InChI=1S/C42H27NS2Si/c1-2-12-28(13-3-1)43(29-22-24-36-34(26-29)31-14-4-7-17-35(31)44-36)30-23-25-38-42(27-30)46(41-21-11-8-18-37(41)45-38)39-19-9-5-15-32(39)33-16-6-10-20-40(33)46/h1-27H. The first kappa shape index (κ1) is 26.4. The summed E-state index contributed by atoms with van der Waals surface area (Å²) in [6, 6.07) is 61.4. The third-order valence-electron chi connectivity index (χ3n) is 9.72. The van der Waals surface area contributed by atoms with E-state index in [1.54, 1.807) is 0 Å². The van der Waals surface area contributed by atoms with Crippen LogP contribution in [0.4, 0.5) is 17.1 Å². The minimum absolute atomic E-state index is 1.16. The third-order valence-corrected chi connectivity index (χ3v) is 17.3. The average molecular weight is 638 g/mol. The SMILES string of the molecule is c1ccc(N(c2ccc3c(c2)[Si]2(c4ccccc4S3)c3ccccc3-c3ccccc32)c2ccc3sc4ccccc4c3c2)cc1. The molecule has 0 aliphatic carbocycles. The van der Waals surface area contributed by atoms with Gasteiger partial charge >= 0.3 is 0 Å². The Bertz CT molecular complexity index is 2440. The van der Waals surface area contributed by atoms with E-state index in [0.29, 0.717) is 0 Å². The van der Waals surface area contributed by atoms with Gasteiger partial charge in [0.25, 0.3) is 0 Å². The predicted molar refractivity (Wildman–Crippen MR) is 201 cm³/mol. The van der Waals surface area contributed by atoms with Crippen molar-refractivity contribution in [2.75, 3.05) is 4.90 Å². The number of thiophene rings is 1. The summed E-state index contributed by atoms with van der Waals surface area (Å²) in [6.45, 7) is 0. The van der Waals surface area contributed by atoms with Crippen LogP contribution >= 0.6 is 23.1 Å². The van der Waals surface area contributed by atoms with Crippen LogP contribution in [-0.4, -0.2) is 8.07 Å². The van der Waals surface area contributed by atoms with Crippen LogP contribution in [0.2, 0.25) is 0 Å². The molecule has 0 saturated carbocycles. The predicted octanol–water partition coefficient (Wildman–Crippen LogP) is 9.35. The second-order valence-corrected chi connectivity index (χ2v) is 17.9. The van der Waals surface area contributed by atoms with Crippen molar-refractivity contribution in [1.29, 1.82) is 0 Å². The van der Waals surface area contributed by atoms with Crippen LogP contribution in [0, 0.1) is 0 Å². The number of rotatable bonds is 3. The Labute approximate surface area is 277 Å². The highest BCUT2D eigenvalue weighted by molar-refractivity contribution is 8.00. The van der Waals surface area contributed by atoms with Crippen LogP contribution in [0.15, 0.2) is 174 Å². The quantitative estimate of drug-likeness (QED) is 0.178. The van der Waals surface area contributed by atoms with E-state index < -0.39 is 8.07 Å². The fourth-order valence-electron chi connectivity index (χ4n) is 7.86. The third kappa shape index (κ3) is 3.63. The molecule has 0 N–H and O–H groups in total. The van der Waals surface area contributed by atoms with Gasteiger partial charge in [0, 0.05) is 47.0 Å². The fourth-order valence-corrected chi connectivity index (χ4v) is 16.3. The maximum atomic E-state index is 2.53. The molecule has 0 radical (unpaired) electrons. The van der Waals surface area contributed by atoms with Gasteiger partial charge in [0.15, 0.2) is 8.07 Å². The van der Waals surface area contributed by atoms with Gasteiger partial charge in [-0.1, -0.05) is 115 Å². The van der Waals surface area contributed by atoms with Gasteiger partial charge in [0.2, 0.25) is 0 Å². The van der Waals surface area contributed by atoms with Gasteiger partial charge in [-0.3, -0.25) is 0 Å². The smallest absolute Gasteiger partial charge is 0.183 e. The molecule has 2 aliphatic heterocycles. The molecule has 4 heteroatoms. The topological polar surface area (TPSA) is 3.24 Å². The molecule has 46 heavy (non-hydrogen) atoms. The average Bonchev–Trinajstić information content (AvgIpc) is 3.63. The summed E-state index contributed by atoms with van der Waals surface area (Å²) in [6.07, 6.45) is 0. The minimum Gasteiger partial charge on any atom is -0.310 e. The highest BCUT2D eigenvalue weighted by Gasteiger charge is 2.52. The van der Waals surface area contributed by atoms with Gasteiger partial charge in [0.1, 0.15) is 0 Å². The summed E-state index contributed by atoms with van der Waals surface area (Å²) >= 11 is 3.80. The van der Waals surface area contributed by atoms with Crippen molar-refractivity contribution in [3.05, 3.63) is 164 Å². The Morgan fingerprint density at radius 1 is 0.391 bits per heavy atom. The van der Waals surface area contributed by atoms with Crippen molar-refractivity contribution < 1.29 is 0 Å². The van der Waals surface area contributed by atoms with Crippen molar-refractivity contribution >= 4 is 89.2 Å². The summed E-state index contributed by atoms with van der Waals surface area (Å²) in [5.74, 6) is 0. The van der Waals surface area contributed by atoms with Gasteiger partial charge in [-0.15, -0.1) is 11.3 Å². The van der Waals surface area contributed by atoms with E-state index in [1.165, 1.54) is 73.2 Å². The van der Waals surface area contributed by atoms with Gasteiger partial charge in [0.05, 0.1) is 0 Å². The minimum atomic E-state index is -2.60. The molecular formula is C42H27NS2Si. The second-order valence-electron chi connectivity index (χ2n) is 12.1. The molecule has 0 unspecified atom stereocenters. The monoisotopic (exact) mass is 637 g/mol. The number of hydrogen-bond donors (Lipinski definition) is 0. The van der Waals surface area contributed by atoms with Crippen LogP contribution < -0.4 is 25.6 Å². The van der Waals surface area contributed by atoms with Gasteiger partial charge in [-0.25, -0.2) is 0 Å². The second kappa shape index (κ2) is 10.1. The number of hydrogen-bond acceptors (Lipinski definition) is 3. The molecule has 0 atom stereocenters. The number of para-hydroxylation sites is 1. The van der Waals surface area contributed by atoms with E-state index in [4.69, 9.17) is 0 Å². The highest BCUT2D eigenvalue weighted by atomic mass is 32.2. The molecular weight excluding hydrogens is 611 g/mol. The molecule has 1 spiro atoms. The Morgan fingerprint density at radius 3 is 1.78 bits per heavy atom. The van der Waals surface area contributed by atoms with Crippen molar-refractivity contribution in [3.63, 3.8) is 0 Å². The van der Waals surface area contributed by atoms with E-state index >= 15 is 0 Å². The molecule has 1 aromatic heterocycles. The number of anilines is 3. The lowest BCUT2D eigenvalue weighted by Gasteiger charge is -2.38. The molecule has 0 amide bonds. The van der Waals surface area contributed by atoms with Crippen LogP contribution in [-0.2, 0) is 0 Å². The molecule has 216 valence electrons. The zero-order valence-electron chi connectivity index (χ0n) is 24.9. The van der Waals surface area contributed by atoms with E-state index in [9.17, 15) is 0 Å². The van der Waals surface area contributed by atoms with E-state index in [0.717, 1.165) is 5.69 Å². The molecule has 0 fully saturated rings. The zero-order chi connectivity index (χ0) is 30.2. The molecule has 1 nitrogen and oxygen atoms in total. The van der Waals surface area contributed by atoms with E-state index in [-0.39, 0.29) is 0 Å². The van der Waals surface area contributed by atoms with Crippen molar-refractivity contribution in [3.8, 4) is 11.1 Å². The maximum Gasteiger partial charge on any atom is 0.183 e. The van der Waals surface area contributed by atoms with Crippen molar-refractivity contribution in [2.24, 2.45) is 0 Å². The summed E-state index contributed by atoms with van der Waals surface area (Å²) < 4.78 is 2.65. The van der Waals surface area contributed by atoms with Crippen molar-refractivity contribution in [2.45, 2.75) is 9.79 Å². The maximum absolute atomic E-state index is 2.60. The summed E-state index contributed by atoms with van der Waals surface area (Å²) in [4.78, 5) is 5.20. The van der Waals surface area contributed by atoms with E-state index in [2.05, 4.69) is 169 Å². The van der Waals surface area contributed by atoms with Gasteiger partial charge in [-0.2, -0.15) is 0 Å². The number of benzene rings is 7. The first-order valence-corrected chi connectivity index (χ1v) is 19.3. The molecule has 2 aliphatic rings. The molecule has 3 heterocycles. The van der Waals surface area contributed by atoms with Crippen LogP contribution in [0.1, 0.15) is 0 Å². The summed E-state index contributed by atoms with van der Waals surface area (Å²) in [5, 5.41) is 8.61.